The van der Waals surface area contributed by atoms with Crippen molar-refractivity contribution < 1.29 is 9.59 Å². The summed E-state index contributed by atoms with van der Waals surface area (Å²) >= 11 is 0. The number of rotatable bonds is 5. The number of para-hydroxylation sites is 2. The summed E-state index contributed by atoms with van der Waals surface area (Å²) in [4.78, 5) is 25.2. The van der Waals surface area contributed by atoms with Gasteiger partial charge in [-0.2, -0.15) is 0 Å². The van der Waals surface area contributed by atoms with Crippen molar-refractivity contribution in [2.75, 3.05) is 10.6 Å². The van der Waals surface area contributed by atoms with E-state index in [4.69, 9.17) is 5.73 Å². The van der Waals surface area contributed by atoms with Gasteiger partial charge in [0, 0.05) is 18.0 Å². The normalized spacial score (nSPS) is 18.4. The van der Waals surface area contributed by atoms with Crippen LogP contribution in [-0.4, -0.2) is 17.9 Å². The summed E-state index contributed by atoms with van der Waals surface area (Å²) in [5, 5.41) is 5.85. The molecule has 1 aliphatic rings. The highest BCUT2D eigenvalue weighted by molar-refractivity contribution is 6.07. The summed E-state index contributed by atoms with van der Waals surface area (Å²) < 4.78 is 0. The largest absolute Gasteiger partial charge is 0.327 e. The average Bonchev–Trinajstić information content (AvgIpc) is 3.07. The molecule has 4 N–H and O–H groups in total. The topological polar surface area (TPSA) is 84.2 Å². The van der Waals surface area contributed by atoms with Crippen molar-refractivity contribution in [2.45, 2.75) is 57.9 Å². The van der Waals surface area contributed by atoms with Crippen molar-refractivity contribution in [3.63, 3.8) is 0 Å². The Kier molecular flexibility index (Phi) is 8.04. The van der Waals surface area contributed by atoms with E-state index in [0.717, 1.165) is 19.3 Å². The highest BCUT2D eigenvalue weighted by atomic mass is 35.5. The van der Waals surface area contributed by atoms with Crippen LogP contribution in [0, 0.1) is 5.92 Å². The zero-order valence-electron chi connectivity index (χ0n) is 17.9. The Hall–Kier alpha value is -2.37. The van der Waals surface area contributed by atoms with Gasteiger partial charge in [-0.1, -0.05) is 51.5 Å². The molecule has 162 valence electrons. The maximum atomic E-state index is 12.7. The molecule has 2 atom stereocenters. The van der Waals surface area contributed by atoms with Gasteiger partial charge >= 0.3 is 0 Å². The molecule has 0 spiro atoms. The fraction of sp³-hybridized carbons (Fsp3) is 0.417. The smallest absolute Gasteiger partial charge is 0.255 e. The monoisotopic (exact) mass is 429 g/mol. The molecule has 6 heteroatoms. The van der Waals surface area contributed by atoms with Crippen LogP contribution in [0.15, 0.2) is 48.5 Å². The molecule has 1 fully saturated rings. The number of amides is 2. The Bertz CT molecular complexity index is 875. The lowest BCUT2D eigenvalue weighted by Gasteiger charge is -2.19. The van der Waals surface area contributed by atoms with Gasteiger partial charge < -0.3 is 16.4 Å². The number of carbonyl (C=O) groups excluding carboxylic acids is 2. The van der Waals surface area contributed by atoms with Gasteiger partial charge in [-0.25, -0.2) is 0 Å². The highest BCUT2D eigenvalue weighted by Gasteiger charge is 2.26. The maximum Gasteiger partial charge on any atom is 0.255 e. The average molecular weight is 430 g/mol. The number of benzene rings is 2. The van der Waals surface area contributed by atoms with E-state index in [1.54, 1.807) is 12.1 Å². The van der Waals surface area contributed by atoms with Gasteiger partial charge in [-0.15, -0.1) is 12.4 Å². The number of carbonyl (C=O) groups is 2. The first-order valence-electron chi connectivity index (χ1n) is 10.3. The van der Waals surface area contributed by atoms with E-state index in [1.165, 1.54) is 5.56 Å². The fourth-order valence-electron chi connectivity index (χ4n) is 3.78. The summed E-state index contributed by atoms with van der Waals surface area (Å²) in [6, 6.07) is 15.0. The van der Waals surface area contributed by atoms with Gasteiger partial charge in [0.2, 0.25) is 5.91 Å². The van der Waals surface area contributed by atoms with Crippen LogP contribution in [0.3, 0.4) is 0 Å². The Balaban J connectivity index is 0.00000320. The molecule has 0 bridgehead atoms. The third-order valence-corrected chi connectivity index (χ3v) is 5.63. The van der Waals surface area contributed by atoms with E-state index in [-0.39, 0.29) is 41.6 Å². The van der Waals surface area contributed by atoms with Crippen molar-refractivity contribution in [1.29, 1.82) is 0 Å². The van der Waals surface area contributed by atoms with Gasteiger partial charge in [0.15, 0.2) is 0 Å². The van der Waals surface area contributed by atoms with E-state index in [1.807, 2.05) is 36.4 Å². The van der Waals surface area contributed by atoms with Gasteiger partial charge in [0.05, 0.1) is 11.4 Å². The summed E-state index contributed by atoms with van der Waals surface area (Å²) in [7, 11) is 0. The molecule has 1 aliphatic carbocycles. The molecular formula is C24H32ClN3O2. The van der Waals surface area contributed by atoms with Crippen molar-refractivity contribution in [1.82, 2.24) is 0 Å². The molecule has 2 aromatic rings. The molecule has 1 saturated carbocycles. The van der Waals surface area contributed by atoms with E-state index in [2.05, 4.69) is 31.4 Å². The minimum Gasteiger partial charge on any atom is -0.327 e. The van der Waals surface area contributed by atoms with Crippen molar-refractivity contribution >= 4 is 35.6 Å². The van der Waals surface area contributed by atoms with E-state index < -0.39 is 0 Å². The third kappa shape index (κ3) is 6.07. The molecule has 0 heterocycles. The van der Waals surface area contributed by atoms with Gasteiger partial charge in [-0.3, -0.25) is 9.59 Å². The molecule has 5 nitrogen and oxygen atoms in total. The van der Waals surface area contributed by atoms with E-state index >= 15 is 0 Å². The van der Waals surface area contributed by atoms with Gasteiger partial charge in [0.1, 0.15) is 0 Å². The second-order valence-corrected chi connectivity index (χ2v) is 8.93. The number of nitrogens with one attached hydrogen (secondary N) is 2. The molecular weight excluding hydrogens is 398 g/mol. The number of nitrogens with two attached hydrogens (primary N) is 1. The first-order valence-corrected chi connectivity index (χ1v) is 10.3. The number of hydrogen-bond acceptors (Lipinski definition) is 3. The first kappa shape index (κ1) is 23.9. The maximum absolute atomic E-state index is 12.7. The Morgan fingerprint density at radius 1 is 0.967 bits per heavy atom. The van der Waals surface area contributed by atoms with Crippen LogP contribution in [0.4, 0.5) is 11.4 Å². The van der Waals surface area contributed by atoms with Gasteiger partial charge in [0.25, 0.3) is 5.91 Å². The minimum atomic E-state index is -0.204. The van der Waals surface area contributed by atoms with Crippen molar-refractivity contribution in [2.24, 2.45) is 11.7 Å². The fourth-order valence-corrected chi connectivity index (χ4v) is 3.78. The number of hydrogen-bond donors (Lipinski definition) is 3. The van der Waals surface area contributed by atoms with Crippen LogP contribution < -0.4 is 16.4 Å². The lowest BCUT2D eigenvalue weighted by Crippen LogP contribution is -2.28. The zero-order chi connectivity index (χ0) is 21.0. The standard InChI is InChI=1S/C24H31N3O2.ClH/c1-24(2,3)18-13-11-16(12-14-18)23(29)27-21-10-5-4-9-20(21)26-22(28)15-17-7-6-8-19(17)25;/h4-5,9-14,17,19H,6-8,15,25H2,1-3H3,(H,26,28)(H,27,29);1H/t17-,19+;/m0./s1. The van der Waals surface area contributed by atoms with Crippen LogP contribution in [0.25, 0.3) is 0 Å². The molecule has 0 aromatic heterocycles. The molecule has 0 saturated heterocycles. The molecule has 0 aliphatic heterocycles. The summed E-state index contributed by atoms with van der Waals surface area (Å²) in [5.74, 6) is -0.0355. The third-order valence-electron chi connectivity index (χ3n) is 5.63. The second kappa shape index (κ2) is 10.1. The first-order chi connectivity index (χ1) is 13.7. The van der Waals surface area contributed by atoms with Crippen LogP contribution in [0.1, 0.15) is 62.4 Å². The predicted molar refractivity (Wildman–Crippen MR) is 125 cm³/mol. The Morgan fingerprint density at radius 2 is 1.57 bits per heavy atom. The van der Waals surface area contributed by atoms with Crippen molar-refractivity contribution in [3.8, 4) is 0 Å². The van der Waals surface area contributed by atoms with Crippen LogP contribution in [0.5, 0.6) is 0 Å². The molecule has 3 rings (SSSR count). The lowest BCUT2D eigenvalue weighted by molar-refractivity contribution is -0.117. The second-order valence-electron chi connectivity index (χ2n) is 8.93. The summed E-state index contributed by atoms with van der Waals surface area (Å²) in [6.45, 7) is 6.42. The predicted octanol–water partition coefficient (Wildman–Crippen LogP) is 5.11. The highest BCUT2D eigenvalue weighted by Crippen LogP contribution is 2.28. The molecule has 0 unspecified atom stereocenters. The zero-order valence-corrected chi connectivity index (χ0v) is 18.7. The van der Waals surface area contributed by atoms with Crippen LogP contribution in [0.2, 0.25) is 0 Å². The van der Waals surface area contributed by atoms with E-state index in [9.17, 15) is 9.59 Å². The summed E-state index contributed by atoms with van der Waals surface area (Å²) in [5.41, 5.74) is 9.05. The quantitative estimate of drug-likeness (QED) is 0.617. The SMILES string of the molecule is CC(C)(C)c1ccc(C(=O)Nc2ccccc2NC(=O)C[C@@H]2CCC[C@H]2N)cc1.Cl. The summed E-state index contributed by atoms with van der Waals surface area (Å²) in [6.07, 6.45) is 3.48. The van der Waals surface area contributed by atoms with Crippen LogP contribution >= 0.6 is 12.4 Å². The Labute approximate surface area is 185 Å². The number of halogens is 1. The number of anilines is 2. The van der Waals surface area contributed by atoms with Crippen LogP contribution in [-0.2, 0) is 10.2 Å². The molecule has 0 radical (unpaired) electrons. The molecule has 30 heavy (non-hydrogen) atoms. The molecule has 2 amide bonds. The van der Waals surface area contributed by atoms with Crippen molar-refractivity contribution in [3.05, 3.63) is 59.7 Å². The lowest BCUT2D eigenvalue weighted by atomic mass is 9.87. The van der Waals surface area contributed by atoms with E-state index in [0.29, 0.717) is 23.4 Å². The van der Waals surface area contributed by atoms with Gasteiger partial charge in [-0.05, 0) is 54.0 Å². The molecule has 2 aromatic carbocycles. The Morgan fingerprint density at radius 3 is 2.10 bits per heavy atom. The minimum absolute atomic E-state index is 0.